The second-order valence-corrected chi connectivity index (χ2v) is 3.95. The first-order chi connectivity index (χ1) is 8.29. The molecule has 0 fully saturated rings. The lowest BCUT2D eigenvalue weighted by atomic mass is 9.90. The molecule has 0 aliphatic carbocycles. The number of nitriles is 2. The third-order valence-corrected chi connectivity index (χ3v) is 3.38. The molecule has 1 aromatic rings. The Kier molecular flexibility index (Phi) is 8.98. The summed E-state index contributed by atoms with van der Waals surface area (Å²) >= 11 is 0. The van der Waals surface area contributed by atoms with Crippen molar-refractivity contribution in [2.24, 2.45) is 0 Å². The number of hydrogen-bond donors (Lipinski definition) is 2. The minimum atomic E-state index is 0.750. The van der Waals surface area contributed by atoms with Crippen molar-refractivity contribution in [3.63, 3.8) is 0 Å². The van der Waals surface area contributed by atoms with Gasteiger partial charge in [-0.2, -0.15) is 10.5 Å². The molecule has 0 bridgehead atoms. The van der Waals surface area contributed by atoms with Crippen LogP contribution in [-0.2, 0) is 0 Å². The second-order valence-electron chi connectivity index (χ2n) is 3.95. The van der Waals surface area contributed by atoms with E-state index in [4.69, 9.17) is 20.7 Å². The maximum atomic E-state index is 6.88. The lowest BCUT2D eigenvalue weighted by Gasteiger charge is -2.15. The Hall–Kier alpha value is -2.20. The third-order valence-electron chi connectivity index (χ3n) is 3.38. The van der Waals surface area contributed by atoms with Gasteiger partial charge in [-0.15, -0.1) is 0 Å². The summed E-state index contributed by atoms with van der Waals surface area (Å²) in [4.78, 5) is 0. The van der Waals surface area contributed by atoms with Gasteiger partial charge in [0, 0.05) is 0 Å². The molecule has 0 saturated carbocycles. The van der Waals surface area contributed by atoms with E-state index in [1.54, 1.807) is 0 Å². The molecule has 18 heavy (non-hydrogen) atoms. The molecule has 0 amide bonds. The quantitative estimate of drug-likeness (QED) is 0.690. The summed E-state index contributed by atoms with van der Waals surface area (Å²) in [5.74, 6) is 0. The van der Waals surface area contributed by atoms with E-state index in [0.717, 1.165) is 12.5 Å². The van der Waals surface area contributed by atoms with Crippen LogP contribution in [0.4, 0.5) is 0 Å². The van der Waals surface area contributed by atoms with E-state index in [-0.39, 0.29) is 0 Å². The summed E-state index contributed by atoms with van der Waals surface area (Å²) in [6, 6.07) is 0. The van der Waals surface area contributed by atoms with Gasteiger partial charge in [-0.05, 0) is 74.9 Å². The van der Waals surface area contributed by atoms with Gasteiger partial charge in [0.25, 0.3) is 12.5 Å². The van der Waals surface area contributed by atoms with Crippen molar-refractivity contribution in [3.8, 4) is 12.5 Å². The molecule has 4 nitrogen and oxygen atoms in total. The average molecular weight is 248 g/mol. The number of rotatable bonds is 0. The van der Waals surface area contributed by atoms with Crippen molar-refractivity contribution in [2.75, 3.05) is 0 Å². The molecule has 0 saturated heterocycles. The summed E-state index contributed by atoms with van der Waals surface area (Å²) < 4.78 is 0. The van der Waals surface area contributed by atoms with Crippen LogP contribution in [0.1, 0.15) is 33.4 Å². The Morgan fingerprint density at radius 3 is 0.667 bits per heavy atom. The summed E-state index contributed by atoms with van der Waals surface area (Å²) in [7, 11) is 0. The van der Waals surface area contributed by atoms with E-state index < -0.39 is 0 Å². The van der Waals surface area contributed by atoms with E-state index in [1.807, 2.05) is 0 Å². The molecule has 0 heterocycles. The Morgan fingerprint density at radius 1 is 0.556 bits per heavy atom. The molecule has 1 rings (SSSR count). The molecular formula is C14H20N2O2. The number of hydrogen-bond acceptors (Lipinski definition) is 4. The maximum absolute atomic E-state index is 6.88. The van der Waals surface area contributed by atoms with Gasteiger partial charge in [0.05, 0.1) is 0 Å². The lowest BCUT2D eigenvalue weighted by Crippen LogP contribution is -1.98. The first-order valence-electron chi connectivity index (χ1n) is 5.39. The summed E-state index contributed by atoms with van der Waals surface area (Å²) in [6.07, 6.45) is 1.50. The van der Waals surface area contributed by atoms with Crippen LogP contribution < -0.4 is 0 Å². The summed E-state index contributed by atoms with van der Waals surface area (Å²) in [5, 5.41) is 27.5. The van der Waals surface area contributed by atoms with Crippen molar-refractivity contribution in [1.82, 2.24) is 0 Å². The molecule has 0 unspecified atom stereocenters. The van der Waals surface area contributed by atoms with Crippen LogP contribution in [0.3, 0.4) is 0 Å². The van der Waals surface area contributed by atoms with Gasteiger partial charge < -0.3 is 10.2 Å². The minimum absolute atomic E-state index is 0.750. The highest BCUT2D eigenvalue weighted by Gasteiger charge is 2.07. The van der Waals surface area contributed by atoms with E-state index in [0.29, 0.717) is 0 Å². The fourth-order valence-corrected chi connectivity index (χ4v) is 1.69. The Bertz CT molecular complexity index is 363. The van der Waals surface area contributed by atoms with Gasteiger partial charge in [-0.3, -0.25) is 0 Å². The zero-order valence-electron chi connectivity index (χ0n) is 11.8. The molecule has 0 atom stereocenters. The highest BCUT2D eigenvalue weighted by molar-refractivity contribution is 5.48. The van der Waals surface area contributed by atoms with E-state index in [9.17, 15) is 0 Å². The highest BCUT2D eigenvalue weighted by atomic mass is 16.2. The molecule has 1 aromatic carbocycles. The van der Waals surface area contributed by atoms with E-state index in [2.05, 4.69) is 41.5 Å². The third kappa shape index (κ3) is 4.76. The summed E-state index contributed by atoms with van der Waals surface area (Å²) in [5.41, 5.74) is 8.73. The fraction of sp³-hybridized carbons (Fsp3) is 0.429. The van der Waals surface area contributed by atoms with Crippen LogP contribution in [0.25, 0.3) is 0 Å². The minimum Gasteiger partial charge on any atom is -0.443 e. The number of aliphatic hydroxyl groups excluding tert-OH is 2. The molecule has 0 aliphatic rings. The number of aliphatic hydroxyl groups is 2. The van der Waals surface area contributed by atoms with Crippen LogP contribution in [0.15, 0.2) is 0 Å². The van der Waals surface area contributed by atoms with Gasteiger partial charge >= 0.3 is 0 Å². The lowest BCUT2D eigenvalue weighted by molar-refractivity contribution is 0.502. The Balaban J connectivity index is 0. The van der Waals surface area contributed by atoms with Crippen LogP contribution in [0, 0.1) is 64.6 Å². The van der Waals surface area contributed by atoms with Crippen molar-refractivity contribution >= 4 is 0 Å². The number of benzene rings is 1. The summed E-state index contributed by atoms with van der Waals surface area (Å²) in [6.45, 7) is 13.3. The average Bonchev–Trinajstić information content (AvgIpc) is 2.34. The van der Waals surface area contributed by atoms with Crippen LogP contribution in [0.2, 0.25) is 0 Å². The predicted molar refractivity (Wildman–Crippen MR) is 70.0 cm³/mol. The van der Waals surface area contributed by atoms with E-state index in [1.165, 1.54) is 33.4 Å². The van der Waals surface area contributed by atoms with Crippen molar-refractivity contribution < 1.29 is 10.2 Å². The van der Waals surface area contributed by atoms with Gasteiger partial charge in [-0.1, -0.05) is 0 Å². The van der Waals surface area contributed by atoms with Crippen molar-refractivity contribution in [1.29, 1.82) is 10.5 Å². The number of nitrogens with zero attached hydrogens (tertiary/aromatic N) is 2. The predicted octanol–water partition coefficient (Wildman–Crippen LogP) is 3.22. The molecule has 98 valence electrons. The Labute approximate surface area is 109 Å². The first kappa shape index (κ1) is 18.2. The zero-order valence-corrected chi connectivity index (χ0v) is 11.8. The van der Waals surface area contributed by atoms with Gasteiger partial charge in [0.15, 0.2) is 0 Å². The monoisotopic (exact) mass is 248 g/mol. The van der Waals surface area contributed by atoms with Crippen molar-refractivity contribution in [3.05, 3.63) is 33.4 Å². The standard InChI is InChI=1S/C12H18.2CHNO/c1-7-8(2)10(4)12(6)11(5)9(7)3;2*2-1-3/h1-6H3;2*3H. The molecule has 2 N–H and O–H groups in total. The highest BCUT2D eigenvalue weighted by Crippen LogP contribution is 2.24. The van der Waals surface area contributed by atoms with Gasteiger partial charge in [-0.25, -0.2) is 0 Å². The van der Waals surface area contributed by atoms with Gasteiger partial charge in [0.2, 0.25) is 0 Å². The van der Waals surface area contributed by atoms with Gasteiger partial charge in [0.1, 0.15) is 0 Å². The SMILES string of the molecule is Cc1c(C)c(C)c(C)c(C)c1C.N#CO.N#CO. The topological polar surface area (TPSA) is 88.0 Å². The van der Waals surface area contributed by atoms with Crippen LogP contribution in [-0.4, -0.2) is 10.2 Å². The van der Waals surface area contributed by atoms with Crippen molar-refractivity contribution in [2.45, 2.75) is 41.5 Å². The maximum Gasteiger partial charge on any atom is 0.283 e. The molecule has 0 spiro atoms. The molecule has 0 aliphatic heterocycles. The Morgan fingerprint density at radius 2 is 0.611 bits per heavy atom. The molecule has 0 radical (unpaired) electrons. The van der Waals surface area contributed by atoms with Crippen LogP contribution in [0.5, 0.6) is 0 Å². The fourth-order valence-electron chi connectivity index (χ4n) is 1.69. The molecule has 4 heteroatoms. The van der Waals surface area contributed by atoms with E-state index >= 15 is 0 Å². The normalized spacial score (nSPS) is 7.78. The largest absolute Gasteiger partial charge is 0.443 e. The first-order valence-corrected chi connectivity index (χ1v) is 5.39. The second kappa shape index (κ2) is 8.90. The zero-order chi connectivity index (χ0) is 14.9. The molecular weight excluding hydrogens is 228 g/mol. The smallest absolute Gasteiger partial charge is 0.283 e. The molecule has 0 aromatic heterocycles. The van der Waals surface area contributed by atoms with Crippen LogP contribution >= 0.6 is 0 Å².